The molecule has 38 heavy (non-hydrogen) atoms. The minimum atomic E-state index is -0.274. The predicted molar refractivity (Wildman–Crippen MR) is 149 cm³/mol. The highest BCUT2D eigenvalue weighted by atomic mass is 16.5. The van der Waals surface area contributed by atoms with E-state index in [1.165, 1.54) is 0 Å². The number of fused-ring (bicyclic) bond motifs is 1. The van der Waals surface area contributed by atoms with Gasteiger partial charge in [0, 0.05) is 11.5 Å². The second-order valence-electron chi connectivity index (χ2n) is 10.9. The first kappa shape index (κ1) is 25.9. The molecule has 4 aromatic rings. The van der Waals surface area contributed by atoms with Gasteiger partial charge in [0.2, 0.25) is 5.95 Å². The van der Waals surface area contributed by atoms with Gasteiger partial charge in [-0.05, 0) is 43.9 Å². The number of aromatic amines is 1. The Morgan fingerprint density at radius 1 is 1.05 bits per heavy atom. The first-order valence-corrected chi connectivity index (χ1v) is 13.0. The number of nitrogens with one attached hydrogen (secondary N) is 2. The van der Waals surface area contributed by atoms with E-state index in [0.29, 0.717) is 43.4 Å². The van der Waals surface area contributed by atoms with E-state index in [1.54, 1.807) is 6.33 Å². The van der Waals surface area contributed by atoms with Crippen LogP contribution in [0.3, 0.4) is 0 Å². The average Bonchev–Trinajstić information content (AvgIpc) is 3.44. The number of benzene rings is 2. The molecule has 0 unspecified atom stereocenters. The Balaban J connectivity index is 1.40. The van der Waals surface area contributed by atoms with Crippen molar-refractivity contribution >= 4 is 17.1 Å². The molecule has 5 rings (SSSR count). The van der Waals surface area contributed by atoms with Crippen molar-refractivity contribution in [2.75, 3.05) is 11.9 Å². The Labute approximate surface area is 222 Å². The van der Waals surface area contributed by atoms with Crippen LogP contribution in [0, 0.1) is 5.92 Å². The predicted octanol–water partition coefficient (Wildman–Crippen LogP) is 5.25. The standard InChI is InChI=1S/C30H35N5O3/c1-20-23(18-37-16-21-11-7-5-8-12-21)25(38-17-22-13-9-6-10-14-22)15-24(20)35-19-31-26-27(35)32-29(33-28(26)36)34-30(2,3)4/h5-14,19,23-25H,1,15-18H2,2-4H3,(H2,32,33,34,36)/t23-,24-,25-/m0/s1. The fourth-order valence-corrected chi connectivity index (χ4v) is 4.94. The lowest BCUT2D eigenvalue weighted by molar-refractivity contribution is -0.0122. The largest absolute Gasteiger partial charge is 0.376 e. The fraction of sp³-hybridized carbons (Fsp3) is 0.367. The third kappa shape index (κ3) is 5.87. The Morgan fingerprint density at radius 2 is 1.71 bits per heavy atom. The number of aromatic nitrogens is 4. The zero-order chi connectivity index (χ0) is 26.7. The van der Waals surface area contributed by atoms with Gasteiger partial charge in [0.05, 0.1) is 38.3 Å². The monoisotopic (exact) mass is 513 g/mol. The van der Waals surface area contributed by atoms with E-state index in [4.69, 9.17) is 14.5 Å². The molecule has 0 radical (unpaired) electrons. The molecule has 0 bridgehead atoms. The highest BCUT2D eigenvalue weighted by Gasteiger charge is 2.40. The summed E-state index contributed by atoms with van der Waals surface area (Å²) < 4.78 is 14.6. The third-order valence-corrected chi connectivity index (χ3v) is 6.79. The molecular weight excluding hydrogens is 478 g/mol. The maximum absolute atomic E-state index is 12.8. The van der Waals surface area contributed by atoms with Gasteiger partial charge >= 0.3 is 0 Å². The van der Waals surface area contributed by atoms with E-state index in [1.807, 2.05) is 61.7 Å². The second-order valence-corrected chi connectivity index (χ2v) is 10.9. The van der Waals surface area contributed by atoms with Crippen LogP contribution in [0.25, 0.3) is 11.2 Å². The summed E-state index contributed by atoms with van der Waals surface area (Å²) in [6.07, 6.45) is 2.27. The molecule has 2 N–H and O–H groups in total. The molecule has 1 saturated carbocycles. The molecule has 198 valence electrons. The van der Waals surface area contributed by atoms with Gasteiger partial charge in [-0.25, -0.2) is 4.98 Å². The van der Waals surface area contributed by atoms with Crippen LogP contribution in [0.4, 0.5) is 5.95 Å². The van der Waals surface area contributed by atoms with E-state index < -0.39 is 0 Å². The highest BCUT2D eigenvalue weighted by molar-refractivity contribution is 5.71. The molecule has 0 amide bonds. The number of imidazole rings is 1. The summed E-state index contributed by atoms with van der Waals surface area (Å²) in [6.45, 7) is 12.0. The lowest BCUT2D eigenvalue weighted by atomic mass is 10.0. The number of ether oxygens (including phenoxy) is 2. The second kappa shape index (κ2) is 10.9. The van der Waals surface area contributed by atoms with Crippen LogP contribution in [-0.2, 0) is 22.7 Å². The minimum Gasteiger partial charge on any atom is -0.376 e. The number of rotatable bonds is 9. The maximum Gasteiger partial charge on any atom is 0.280 e. The van der Waals surface area contributed by atoms with Crippen LogP contribution in [0.5, 0.6) is 0 Å². The number of H-pyrrole nitrogens is 1. The van der Waals surface area contributed by atoms with E-state index in [0.717, 1.165) is 16.7 Å². The average molecular weight is 514 g/mol. The molecule has 2 aromatic heterocycles. The van der Waals surface area contributed by atoms with Crippen LogP contribution in [-0.4, -0.2) is 37.8 Å². The summed E-state index contributed by atoms with van der Waals surface area (Å²) in [5.74, 6) is 0.402. The van der Waals surface area contributed by atoms with Gasteiger partial charge in [-0.15, -0.1) is 0 Å². The lowest BCUT2D eigenvalue weighted by Gasteiger charge is -2.21. The van der Waals surface area contributed by atoms with Crippen molar-refractivity contribution in [3.63, 3.8) is 0 Å². The topological polar surface area (TPSA) is 94.1 Å². The van der Waals surface area contributed by atoms with Gasteiger partial charge in [0.25, 0.3) is 5.56 Å². The maximum atomic E-state index is 12.8. The van der Waals surface area contributed by atoms with E-state index >= 15 is 0 Å². The third-order valence-electron chi connectivity index (χ3n) is 6.79. The molecule has 1 fully saturated rings. The number of hydrogen-bond acceptors (Lipinski definition) is 6. The first-order chi connectivity index (χ1) is 18.3. The summed E-state index contributed by atoms with van der Waals surface area (Å²) >= 11 is 0. The van der Waals surface area contributed by atoms with Gasteiger partial charge in [0.1, 0.15) is 0 Å². The van der Waals surface area contributed by atoms with Crippen molar-refractivity contribution in [1.82, 2.24) is 19.5 Å². The summed E-state index contributed by atoms with van der Waals surface area (Å²) in [5, 5.41) is 3.26. The van der Waals surface area contributed by atoms with E-state index in [9.17, 15) is 4.79 Å². The SMILES string of the molecule is C=C1[C@H](COCc2ccccc2)[C@@H](OCc2ccccc2)C[C@@H]1n1cnc2c(=O)[nH]c(NC(C)(C)C)nc21. The zero-order valence-corrected chi connectivity index (χ0v) is 22.2. The van der Waals surface area contributed by atoms with Crippen molar-refractivity contribution in [1.29, 1.82) is 0 Å². The van der Waals surface area contributed by atoms with Crippen LogP contribution < -0.4 is 10.9 Å². The van der Waals surface area contributed by atoms with Crippen molar-refractivity contribution in [2.45, 2.75) is 58.1 Å². The van der Waals surface area contributed by atoms with Crippen molar-refractivity contribution in [3.05, 3.63) is 101 Å². The summed E-state index contributed by atoms with van der Waals surface area (Å²) in [6, 6.07) is 20.2. The quantitative estimate of drug-likeness (QED) is 0.297. The zero-order valence-electron chi connectivity index (χ0n) is 22.2. The van der Waals surface area contributed by atoms with Gasteiger partial charge in [-0.2, -0.15) is 4.98 Å². The highest BCUT2D eigenvalue weighted by Crippen LogP contribution is 2.42. The van der Waals surface area contributed by atoms with E-state index in [-0.39, 0.29) is 29.2 Å². The molecule has 1 aliphatic rings. The van der Waals surface area contributed by atoms with Crippen molar-refractivity contribution in [2.24, 2.45) is 5.92 Å². The van der Waals surface area contributed by atoms with Crippen molar-refractivity contribution < 1.29 is 9.47 Å². The number of hydrogen-bond donors (Lipinski definition) is 2. The smallest absolute Gasteiger partial charge is 0.280 e. The Bertz CT molecular complexity index is 1440. The molecular formula is C30H35N5O3. The molecule has 0 saturated heterocycles. The van der Waals surface area contributed by atoms with Gasteiger partial charge in [0.15, 0.2) is 11.2 Å². The molecule has 3 atom stereocenters. The van der Waals surface area contributed by atoms with Gasteiger partial charge in [-0.3, -0.25) is 9.78 Å². The number of anilines is 1. The van der Waals surface area contributed by atoms with E-state index in [2.05, 4.69) is 46.1 Å². The molecule has 8 nitrogen and oxygen atoms in total. The molecule has 1 aliphatic carbocycles. The van der Waals surface area contributed by atoms with Gasteiger partial charge < -0.3 is 19.4 Å². The van der Waals surface area contributed by atoms with Crippen LogP contribution in [0.1, 0.15) is 44.4 Å². The Kier molecular flexibility index (Phi) is 7.44. The number of nitrogens with zero attached hydrogens (tertiary/aromatic N) is 3. The molecule has 2 heterocycles. The van der Waals surface area contributed by atoms with Crippen molar-refractivity contribution in [3.8, 4) is 0 Å². The molecule has 0 spiro atoms. The fourth-order valence-electron chi connectivity index (χ4n) is 4.94. The van der Waals surface area contributed by atoms with Crippen LogP contribution in [0.15, 0.2) is 83.9 Å². The molecule has 0 aliphatic heterocycles. The summed E-state index contributed by atoms with van der Waals surface area (Å²) in [7, 11) is 0. The summed E-state index contributed by atoms with van der Waals surface area (Å²) in [4.78, 5) is 24.7. The minimum absolute atomic E-state index is 0.0148. The molecule has 8 heteroatoms. The van der Waals surface area contributed by atoms with Crippen LogP contribution in [0.2, 0.25) is 0 Å². The first-order valence-electron chi connectivity index (χ1n) is 13.0. The Morgan fingerprint density at radius 3 is 2.37 bits per heavy atom. The lowest BCUT2D eigenvalue weighted by Crippen LogP contribution is -2.29. The molecule has 2 aromatic carbocycles. The Hall–Kier alpha value is -3.75. The normalized spacial score (nSPS) is 19.8. The summed E-state index contributed by atoms with van der Waals surface area (Å²) in [5.41, 5.74) is 3.53. The van der Waals surface area contributed by atoms with Crippen LogP contribution >= 0.6 is 0 Å². The van der Waals surface area contributed by atoms with Gasteiger partial charge in [-0.1, -0.05) is 67.2 Å².